The molecule has 3 aromatic carbocycles. The molecule has 0 saturated carbocycles. The Morgan fingerprint density at radius 1 is 0.979 bits per heavy atom. The molecule has 2 aliphatic heterocycles. The molecule has 252 valence electrons. The van der Waals surface area contributed by atoms with E-state index in [4.69, 9.17) is 23.2 Å². The number of para-hydroxylation sites is 1. The number of halogens is 2. The van der Waals surface area contributed by atoms with Crippen LogP contribution >= 0.6 is 23.2 Å². The highest BCUT2D eigenvalue weighted by molar-refractivity contribution is 6.33. The number of amides is 3. The van der Waals surface area contributed by atoms with Crippen LogP contribution in [-0.4, -0.2) is 78.8 Å². The standard InChI is InChI=1S/C38H43Cl2N5O3/c1-43(2)23-26-19-27-20-29(39)12-13-35(27)45(24-26)38(48)34(21-28-22-41-33-10-6-4-7-30(28)33)42-36(46)14-11-25-15-17-44(18-16-25)37(47)31-8-3-5-9-32(31)40/h3-10,12-13,20,22,25-26,34,41H,11,14-19,21,23-24H2,1-2H3,(H,42,46)/t26-,34-/m1/s1. The van der Waals surface area contributed by atoms with Crippen LogP contribution in [0.15, 0.2) is 72.9 Å². The van der Waals surface area contributed by atoms with E-state index >= 15 is 0 Å². The summed E-state index contributed by atoms with van der Waals surface area (Å²) in [5.74, 6) is 0.243. The predicted octanol–water partition coefficient (Wildman–Crippen LogP) is 6.60. The van der Waals surface area contributed by atoms with Gasteiger partial charge in [0.2, 0.25) is 11.8 Å². The Morgan fingerprint density at radius 3 is 2.50 bits per heavy atom. The summed E-state index contributed by atoms with van der Waals surface area (Å²) >= 11 is 12.7. The highest BCUT2D eigenvalue weighted by atomic mass is 35.5. The molecule has 2 aliphatic rings. The van der Waals surface area contributed by atoms with Gasteiger partial charge in [-0.1, -0.05) is 53.5 Å². The van der Waals surface area contributed by atoms with Gasteiger partial charge in [0.05, 0.1) is 10.6 Å². The molecule has 4 aromatic rings. The van der Waals surface area contributed by atoms with Gasteiger partial charge in [-0.05, 0) is 99.1 Å². The normalized spacial score (nSPS) is 17.4. The monoisotopic (exact) mass is 687 g/mol. The number of carbonyl (C=O) groups is 3. The molecule has 3 heterocycles. The van der Waals surface area contributed by atoms with Crippen LogP contribution in [0.4, 0.5) is 5.69 Å². The Kier molecular flexibility index (Phi) is 10.7. The Bertz CT molecular complexity index is 1780. The van der Waals surface area contributed by atoms with Crippen LogP contribution in [0.25, 0.3) is 10.9 Å². The fraction of sp³-hybridized carbons (Fsp3) is 0.395. The molecule has 6 rings (SSSR count). The van der Waals surface area contributed by atoms with E-state index in [-0.39, 0.29) is 23.6 Å². The van der Waals surface area contributed by atoms with E-state index in [2.05, 4.69) is 15.2 Å². The molecule has 2 atom stereocenters. The van der Waals surface area contributed by atoms with Crippen molar-refractivity contribution in [2.45, 2.75) is 44.6 Å². The molecule has 1 aromatic heterocycles. The SMILES string of the molecule is CN(C)C[C@H]1Cc2cc(Cl)ccc2N(C(=O)[C@@H](Cc2c[nH]c3ccccc23)NC(=O)CCC2CCN(C(=O)c3ccccc3Cl)CC2)C1. The van der Waals surface area contributed by atoms with E-state index in [1.54, 1.807) is 12.1 Å². The molecule has 48 heavy (non-hydrogen) atoms. The van der Waals surface area contributed by atoms with Gasteiger partial charge in [-0.15, -0.1) is 0 Å². The number of rotatable bonds is 10. The Hall–Kier alpha value is -3.85. The second-order valence-electron chi connectivity index (χ2n) is 13.5. The van der Waals surface area contributed by atoms with Gasteiger partial charge < -0.3 is 25.0 Å². The fourth-order valence-electron chi connectivity index (χ4n) is 7.30. The van der Waals surface area contributed by atoms with Crippen molar-refractivity contribution in [3.05, 3.63) is 99.7 Å². The molecule has 1 fully saturated rings. The van der Waals surface area contributed by atoms with E-state index in [0.29, 0.717) is 60.4 Å². The van der Waals surface area contributed by atoms with Gasteiger partial charge in [-0.25, -0.2) is 0 Å². The molecule has 8 nitrogen and oxygen atoms in total. The van der Waals surface area contributed by atoms with Crippen molar-refractivity contribution in [2.24, 2.45) is 11.8 Å². The molecule has 10 heteroatoms. The van der Waals surface area contributed by atoms with Crippen molar-refractivity contribution in [1.29, 1.82) is 0 Å². The lowest BCUT2D eigenvalue weighted by atomic mass is 9.90. The Labute approximate surface area is 292 Å². The highest BCUT2D eigenvalue weighted by Gasteiger charge is 2.34. The van der Waals surface area contributed by atoms with Gasteiger partial charge in [0.25, 0.3) is 5.91 Å². The zero-order chi connectivity index (χ0) is 33.8. The number of hydrogen-bond acceptors (Lipinski definition) is 4. The van der Waals surface area contributed by atoms with Gasteiger partial charge in [-0.3, -0.25) is 14.4 Å². The third kappa shape index (κ3) is 7.88. The van der Waals surface area contributed by atoms with Gasteiger partial charge in [-0.2, -0.15) is 0 Å². The predicted molar refractivity (Wildman–Crippen MR) is 193 cm³/mol. The second kappa shape index (κ2) is 15.1. The minimum atomic E-state index is -0.742. The maximum Gasteiger partial charge on any atom is 0.255 e. The number of hydrogen-bond donors (Lipinski definition) is 2. The van der Waals surface area contributed by atoms with Gasteiger partial charge in [0.1, 0.15) is 6.04 Å². The Balaban J connectivity index is 1.15. The number of nitrogens with zero attached hydrogens (tertiary/aromatic N) is 3. The molecule has 0 aliphatic carbocycles. The average molecular weight is 689 g/mol. The van der Waals surface area contributed by atoms with Crippen LogP contribution in [0.2, 0.25) is 10.0 Å². The largest absolute Gasteiger partial charge is 0.361 e. The van der Waals surface area contributed by atoms with Crippen molar-refractivity contribution < 1.29 is 14.4 Å². The molecule has 0 unspecified atom stereocenters. The number of benzene rings is 3. The summed E-state index contributed by atoms with van der Waals surface area (Å²) in [6.45, 7) is 2.66. The van der Waals surface area contributed by atoms with Crippen LogP contribution in [0.3, 0.4) is 0 Å². The van der Waals surface area contributed by atoms with Crippen LogP contribution in [0.1, 0.15) is 47.2 Å². The number of nitrogens with one attached hydrogen (secondary N) is 2. The number of H-pyrrole nitrogens is 1. The maximum atomic E-state index is 14.5. The van der Waals surface area contributed by atoms with Crippen LogP contribution in [0.5, 0.6) is 0 Å². The smallest absolute Gasteiger partial charge is 0.255 e. The number of piperidine rings is 1. The Morgan fingerprint density at radius 2 is 1.73 bits per heavy atom. The van der Waals surface area contributed by atoms with E-state index < -0.39 is 6.04 Å². The lowest BCUT2D eigenvalue weighted by Gasteiger charge is -2.37. The maximum absolute atomic E-state index is 14.5. The van der Waals surface area contributed by atoms with Crippen LogP contribution in [-0.2, 0) is 22.4 Å². The molecule has 1 saturated heterocycles. The van der Waals surface area contributed by atoms with Crippen molar-refractivity contribution in [3.63, 3.8) is 0 Å². The molecular formula is C38H43Cl2N5O3. The summed E-state index contributed by atoms with van der Waals surface area (Å²) in [4.78, 5) is 50.3. The summed E-state index contributed by atoms with van der Waals surface area (Å²) in [7, 11) is 4.08. The van der Waals surface area contributed by atoms with E-state index in [1.165, 1.54) is 0 Å². The van der Waals surface area contributed by atoms with Crippen molar-refractivity contribution in [2.75, 3.05) is 45.2 Å². The first-order valence-corrected chi connectivity index (χ1v) is 17.5. The van der Waals surface area contributed by atoms with E-state index in [9.17, 15) is 14.4 Å². The quantitative estimate of drug-likeness (QED) is 0.197. The molecule has 0 radical (unpaired) electrons. The number of aromatic nitrogens is 1. The van der Waals surface area contributed by atoms with E-state index in [1.807, 2.05) is 84.7 Å². The molecule has 0 spiro atoms. The van der Waals surface area contributed by atoms with Gasteiger partial charge >= 0.3 is 0 Å². The van der Waals surface area contributed by atoms with Gasteiger partial charge in [0, 0.05) is 66.8 Å². The molecule has 0 bridgehead atoms. The first kappa shape index (κ1) is 34.0. The summed E-state index contributed by atoms with van der Waals surface area (Å²) in [6.07, 6.45) is 5.80. The number of fused-ring (bicyclic) bond motifs is 2. The van der Waals surface area contributed by atoms with Crippen LogP contribution in [0, 0.1) is 11.8 Å². The second-order valence-corrected chi connectivity index (χ2v) is 14.3. The van der Waals surface area contributed by atoms with Crippen molar-refractivity contribution >= 4 is 57.5 Å². The van der Waals surface area contributed by atoms with Crippen LogP contribution < -0.4 is 10.2 Å². The van der Waals surface area contributed by atoms with Crippen molar-refractivity contribution in [3.8, 4) is 0 Å². The molecular weight excluding hydrogens is 645 g/mol. The lowest BCUT2D eigenvalue weighted by Crippen LogP contribution is -2.53. The average Bonchev–Trinajstić information content (AvgIpc) is 3.48. The highest BCUT2D eigenvalue weighted by Crippen LogP contribution is 2.33. The minimum absolute atomic E-state index is 0.0511. The summed E-state index contributed by atoms with van der Waals surface area (Å²) in [5.41, 5.74) is 4.41. The van der Waals surface area contributed by atoms with E-state index in [0.717, 1.165) is 53.5 Å². The first-order valence-electron chi connectivity index (χ1n) is 16.8. The summed E-state index contributed by atoms with van der Waals surface area (Å²) < 4.78 is 0. The summed E-state index contributed by atoms with van der Waals surface area (Å²) in [6, 6.07) is 20.1. The summed E-state index contributed by atoms with van der Waals surface area (Å²) in [5, 5.41) is 5.30. The number of likely N-dealkylation sites (tertiary alicyclic amines) is 1. The number of anilines is 1. The zero-order valence-corrected chi connectivity index (χ0v) is 29.1. The number of carbonyl (C=O) groups excluding carboxylic acids is 3. The fourth-order valence-corrected chi connectivity index (χ4v) is 7.71. The minimum Gasteiger partial charge on any atom is -0.361 e. The first-order chi connectivity index (χ1) is 23.2. The van der Waals surface area contributed by atoms with Crippen molar-refractivity contribution in [1.82, 2.24) is 20.1 Å². The third-order valence-electron chi connectivity index (χ3n) is 9.69. The lowest BCUT2D eigenvalue weighted by molar-refractivity contribution is -0.127. The molecule has 3 amide bonds. The number of aromatic amines is 1. The topological polar surface area (TPSA) is 88.8 Å². The van der Waals surface area contributed by atoms with Gasteiger partial charge in [0.15, 0.2) is 0 Å². The molecule has 2 N–H and O–H groups in total. The third-order valence-corrected chi connectivity index (χ3v) is 10.3. The zero-order valence-electron chi connectivity index (χ0n) is 27.6.